The van der Waals surface area contributed by atoms with Crippen LogP contribution in [0.25, 0.3) is 0 Å². The van der Waals surface area contributed by atoms with Crippen LogP contribution in [0.2, 0.25) is 0 Å². The summed E-state index contributed by atoms with van der Waals surface area (Å²) in [5.74, 6) is 1.00. The van der Waals surface area contributed by atoms with Gasteiger partial charge >= 0.3 is 0 Å². The van der Waals surface area contributed by atoms with Gasteiger partial charge in [-0.2, -0.15) is 0 Å². The number of thioether (sulfide) groups is 1. The summed E-state index contributed by atoms with van der Waals surface area (Å²) >= 11 is 3.28. The molecule has 2 aromatic rings. The van der Waals surface area contributed by atoms with Crippen molar-refractivity contribution in [2.24, 2.45) is 0 Å². The van der Waals surface area contributed by atoms with Gasteiger partial charge in [0.25, 0.3) is 0 Å². The van der Waals surface area contributed by atoms with E-state index in [-0.39, 0.29) is 5.91 Å². The molecule has 0 saturated heterocycles. The van der Waals surface area contributed by atoms with E-state index in [0.29, 0.717) is 19.5 Å². The highest BCUT2D eigenvalue weighted by Crippen LogP contribution is 2.27. The molecule has 2 heterocycles. The van der Waals surface area contributed by atoms with Crippen molar-refractivity contribution in [1.82, 2.24) is 9.88 Å². The Hall–Kier alpha value is -1.37. The minimum absolute atomic E-state index is 0.0203. The van der Waals surface area contributed by atoms with Crippen molar-refractivity contribution < 1.29 is 9.90 Å². The van der Waals surface area contributed by atoms with Crippen LogP contribution in [0.3, 0.4) is 0 Å². The highest BCUT2D eigenvalue weighted by atomic mass is 32.2. The van der Waals surface area contributed by atoms with E-state index in [9.17, 15) is 9.90 Å². The number of carbonyl (C=O) groups is 1. The minimum Gasteiger partial charge on any atom is -0.387 e. The number of thiazole rings is 1. The molecule has 0 spiro atoms. The molecule has 0 fully saturated rings. The number of aromatic nitrogens is 1. The molecular formula is C16H18N2O2S2. The fourth-order valence-electron chi connectivity index (χ4n) is 2.60. The summed E-state index contributed by atoms with van der Waals surface area (Å²) in [5.41, 5.74) is 2.77. The van der Waals surface area contributed by atoms with Crippen LogP contribution >= 0.6 is 23.1 Å². The molecule has 116 valence electrons. The molecule has 1 atom stereocenters. The van der Waals surface area contributed by atoms with Crippen LogP contribution in [0.15, 0.2) is 34.0 Å². The van der Waals surface area contributed by atoms with Crippen LogP contribution < -0.4 is 0 Å². The lowest BCUT2D eigenvalue weighted by molar-refractivity contribution is -0.133. The quantitative estimate of drug-likeness (QED) is 0.874. The Morgan fingerprint density at radius 3 is 3.14 bits per heavy atom. The third-order valence-electron chi connectivity index (χ3n) is 3.65. The van der Waals surface area contributed by atoms with Gasteiger partial charge in [0, 0.05) is 11.9 Å². The van der Waals surface area contributed by atoms with E-state index in [1.165, 1.54) is 0 Å². The fraction of sp³-hybridized carbons (Fsp3) is 0.375. The van der Waals surface area contributed by atoms with E-state index in [2.05, 4.69) is 11.9 Å². The number of rotatable bonds is 4. The molecule has 1 amide bonds. The van der Waals surface area contributed by atoms with Crippen molar-refractivity contribution in [3.63, 3.8) is 0 Å². The van der Waals surface area contributed by atoms with Crippen molar-refractivity contribution in [2.75, 3.05) is 12.3 Å². The number of amides is 1. The smallest absolute Gasteiger partial charge is 0.229 e. The first kappa shape index (κ1) is 15.5. The highest BCUT2D eigenvalue weighted by molar-refractivity contribution is 8.00. The van der Waals surface area contributed by atoms with Crippen molar-refractivity contribution in [2.45, 2.75) is 30.3 Å². The molecule has 4 nitrogen and oxygen atoms in total. The minimum atomic E-state index is -0.601. The molecule has 1 N–H and O–H groups in total. The number of hydrogen-bond donors (Lipinski definition) is 1. The molecule has 0 aliphatic carbocycles. The molecule has 1 aliphatic rings. The fourth-order valence-corrected chi connectivity index (χ4v) is 4.34. The van der Waals surface area contributed by atoms with Crippen molar-refractivity contribution in [1.29, 1.82) is 0 Å². The third-order valence-corrected chi connectivity index (χ3v) is 5.60. The number of nitrogens with zero attached hydrogens (tertiary/aromatic N) is 2. The Morgan fingerprint density at radius 1 is 1.50 bits per heavy atom. The lowest BCUT2D eigenvalue weighted by Crippen LogP contribution is -2.39. The molecule has 0 bridgehead atoms. The number of benzene rings is 1. The maximum atomic E-state index is 12.5. The molecule has 1 aromatic carbocycles. The standard InChI is InChI=1S/C16H18N2O2S2/c1-2-21-16-17-12(10-22-16)7-15(20)18-8-11-5-3-4-6-13(11)14(19)9-18/h3-6,10,14,19H,2,7-9H2,1H3. The number of aliphatic hydroxyl groups is 1. The Balaban J connectivity index is 1.68. The van der Waals surface area contributed by atoms with Crippen LogP contribution in [0.4, 0.5) is 0 Å². The second-order valence-electron chi connectivity index (χ2n) is 5.20. The maximum Gasteiger partial charge on any atom is 0.229 e. The Bertz CT molecular complexity index is 672. The summed E-state index contributed by atoms with van der Waals surface area (Å²) in [4.78, 5) is 18.7. The second-order valence-corrected chi connectivity index (χ2v) is 7.57. The first-order valence-corrected chi connectivity index (χ1v) is 9.14. The van der Waals surface area contributed by atoms with Gasteiger partial charge in [0.2, 0.25) is 5.91 Å². The van der Waals surface area contributed by atoms with Crippen LogP contribution in [-0.4, -0.2) is 33.2 Å². The zero-order valence-electron chi connectivity index (χ0n) is 12.4. The number of carbonyl (C=O) groups excluding carboxylic acids is 1. The molecule has 1 unspecified atom stereocenters. The van der Waals surface area contributed by atoms with Crippen molar-refractivity contribution in [3.8, 4) is 0 Å². The normalized spacial score (nSPS) is 17.4. The molecule has 3 rings (SSSR count). The summed E-state index contributed by atoms with van der Waals surface area (Å²) in [6, 6.07) is 7.75. The molecule has 0 radical (unpaired) electrons. The van der Waals surface area contributed by atoms with Gasteiger partial charge in [-0.3, -0.25) is 4.79 Å². The largest absolute Gasteiger partial charge is 0.387 e. The van der Waals surface area contributed by atoms with Gasteiger partial charge in [0.1, 0.15) is 4.34 Å². The van der Waals surface area contributed by atoms with Gasteiger partial charge in [0.15, 0.2) is 0 Å². The predicted molar refractivity (Wildman–Crippen MR) is 89.0 cm³/mol. The van der Waals surface area contributed by atoms with Gasteiger partial charge in [0.05, 0.1) is 24.8 Å². The van der Waals surface area contributed by atoms with Crippen LogP contribution in [0, 0.1) is 0 Å². The van der Waals surface area contributed by atoms with E-state index in [1.807, 2.05) is 29.6 Å². The van der Waals surface area contributed by atoms with Gasteiger partial charge in [-0.1, -0.05) is 43.0 Å². The highest BCUT2D eigenvalue weighted by Gasteiger charge is 2.26. The van der Waals surface area contributed by atoms with Crippen molar-refractivity contribution >= 4 is 29.0 Å². The monoisotopic (exact) mass is 334 g/mol. The Kier molecular flexibility index (Phi) is 4.81. The van der Waals surface area contributed by atoms with Crippen LogP contribution in [-0.2, 0) is 17.8 Å². The number of β-amino-alcohol motifs (C(OH)–C–C–N with tert-alkyl or cyclic N) is 1. The van der Waals surface area contributed by atoms with E-state index < -0.39 is 6.10 Å². The third kappa shape index (κ3) is 3.34. The van der Waals surface area contributed by atoms with E-state index in [0.717, 1.165) is 26.9 Å². The van der Waals surface area contributed by atoms with Gasteiger partial charge < -0.3 is 10.0 Å². The summed E-state index contributed by atoms with van der Waals surface area (Å²) in [7, 11) is 0. The first-order valence-electron chi connectivity index (χ1n) is 7.28. The Labute approximate surface area is 138 Å². The topological polar surface area (TPSA) is 53.4 Å². The average molecular weight is 334 g/mol. The molecule has 22 heavy (non-hydrogen) atoms. The Morgan fingerprint density at radius 2 is 2.32 bits per heavy atom. The van der Waals surface area contributed by atoms with Gasteiger partial charge in [-0.05, 0) is 16.9 Å². The number of hydrogen-bond acceptors (Lipinski definition) is 5. The molecular weight excluding hydrogens is 316 g/mol. The van der Waals surface area contributed by atoms with Gasteiger partial charge in [-0.25, -0.2) is 4.98 Å². The zero-order chi connectivity index (χ0) is 15.5. The lowest BCUT2D eigenvalue weighted by atomic mass is 9.97. The van der Waals surface area contributed by atoms with Gasteiger partial charge in [-0.15, -0.1) is 11.3 Å². The average Bonchev–Trinajstić information content (AvgIpc) is 2.95. The lowest BCUT2D eigenvalue weighted by Gasteiger charge is -2.32. The molecule has 0 saturated carbocycles. The van der Waals surface area contributed by atoms with Crippen molar-refractivity contribution in [3.05, 3.63) is 46.5 Å². The molecule has 1 aromatic heterocycles. The predicted octanol–water partition coefficient (Wildman–Crippen LogP) is 2.87. The summed E-state index contributed by atoms with van der Waals surface area (Å²) in [6.07, 6.45) is -0.300. The van der Waals surface area contributed by atoms with E-state index in [1.54, 1.807) is 28.0 Å². The summed E-state index contributed by atoms with van der Waals surface area (Å²) < 4.78 is 1.01. The summed E-state index contributed by atoms with van der Waals surface area (Å²) in [6.45, 7) is 3.01. The SMILES string of the molecule is CCSc1nc(CC(=O)N2Cc3ccccc3C(O)C2)cs1. The van der Waals surface area contributed by atoms with E-state index >= 15 is 0 Å². The second kappa shape index (κ2) is 6.81. The summed E-state index contributed by atoms with van der Waals surface area (Å²) in [5, 5.41) is 12.2. The number of aliphatic hydroxyl groups excluding tert-OH is 1. The molecule has 1 aliphatic heterocycles. The van der Waals surface area contributed by atoms with Crippen LogP contribution in [0.1, 0.15) is 29.8 Å². The zero-order valence-corrected chi connectivity index (χ0v) is 14.0. The number of fused-ring (bicyclic) bond motifs is 1. The molecule has 6 heteroatoms. The van der Waals surface area contributed by atoms with Crippen LogP contribution in [0.5, 0.6) is 0 Å². The van der Waals surface area contributed by atoms with E-state index in [4.69, 9.17) is 0 Å². The maximum absolute atomic E-state index is 12.5. The first-order chi connectivity index (χ1) is 10.7.